The molecule has 0 aromatic heterocycles. The van der Waals surface area contributed by atoms with Crippen LogP contribution in [0, 0.1) is 11.8 Å². The number of carbonyl (C=O) groups is 1. The zero-order valence-corrected chi connectivity index (χ0v) is 14.6. The summed E-state index contributed by atoms with van der Waals surface area (Å²) in [5.74, 6) is 2.55. The monoisotopic (exact) mass is 337 g/mol. The molecule has 2 fully saturated rings. The Hall–Kier alpha value is -1.74. The highest BCUT2D eigenvalue weighted by molar-refractivity contribution is 7.98. The van der Waals surface area contributed by atoms with Gasteiger partial charge in [-0.3, -0.25) is 4.79 Å². The summed E-state index contributed by atoms with van der Waals surface area (Å²) < 4.78 is 0. The van der Waals surface area contributed by atoms with Gasteiger partial charge >= 0.3 is 0 Å². The number of nitrogens with one attached hydrogen (secondary N) is 1. The second-order valence-electron chi connectivity index (χ2n) is 7.03. The predicted molar refractivity (Wildman–Crippen MR) is 99.1 cm³/mol. The van der Waals surface area contributed by atoms with Crippen LogP contribution in [0.1, 0.15) is 41.6 Å². The molecular formula is C21H23NOS. The Bertz CT molecular complexity index is 715. The normalized spacial score (nSPS) is 24.9. The van der Waals surface area contributed by atoms with Gasteiger partial charge in [0.25, 0.3) is 5.91 Å². The molecule has 0 saturated heterocycles. The molecular weight excluding hydrogens is 314 g/mol. The number of hydrogen-bond acceptors (Lipinski definition) is 2. The number of hydrogen-bond donors (Lipinski definition) is 1. The van der Waals surface area contributed by atoms with Gasteiger partial charge in [-0.25, -0.2) is 0 Å². The fourth-order valence-electron chi connectivity index (χ4n) is 4.18. The molecule has 0 heterocycles. The second-order valence-corrected chi connectivity index (χ2v) is 8.04. The van der Waals surface area contributed by atoms with Crippen molar-refractivity contribution in [1.82, 2.24) is 5.32 Å². The third-order valence-corrected chi connectivity index (χ3v) is 6.57. The first kappa shape index (κ1) is 15.8. The number of rotatable bonds is 5. The standard InChI is InChI=1S/C21H23NOS/c23-21(22-19-13-16-10-11-17(19)12-16)18-8-4-5-9-20(18)24-14-15-6-2-1-3-7-15/h1-9,16-17,19H,10-14H2,(H,22,23)/t16-,17-,19-/m0/s1. The van der Waals surface area contributed by atoms with Gasteiger partial charge in [-0.05, 0) is 48.8 Å². The summed E-state index contributed by atoms with van der Waals surface area (Å²) in [5, 5.41) is 3.31. The summed E-state index contributed by atoms with van der Waals surface area (Å²) in [6.07, 6.45) is 5.14. The van der Waals surface area contributed by atoms with Crippen LogP contribution in [-0.2, 0) is 5.75 Å². The molecule has 2 aromatic carbocycles. The lowest BCUT2D eigenvalue weighted by molar-refractivity contribution is 0.0920. The molecule has 0 aliphatic heterocycles. The van der Waals surface area contributed by atoms with Gasteiger partial charge in [-0.15, -0.1) is 11.8 Å². The number of fused-ring (bicyclic) bond motifs is 2. The number of amides is 1. The molecule has 3 atom stereocenters. The zero-order chi connectivity index (χ0) is 16.4. The van der Waals surface area contributed by atoms with Crippen molar-refractivity contribution in [2.24, 2.45) is 11.8 Å². The van der Waals surface area contributed by atoms with Crippen molar-refractivity contribution in [3.8, 4) is 0 Å². The van der Waals surface area contributed by atoms with Crippen molar-refractivity contribution < 1.29 is 4.79 Å². The second kappa shape index (κ2) is 7.02. The van der Waals surface area contributed by atoms with Crippen molar-refractivity contribution >= 4 is 17.7 Å². The highest BCUT2D eigenvalue weighted by Gasteiger charge is 2.40. The maximum absolute atomic E-state index is 12.8. The maximum Gasteiger partial charge on any atom is 0.252 e. The Balaban J connectivity index is 1.44. The van der Waals surface area contributed by atoms with Gasteiger partial charge in [0.2, 0.25) is 0 Å². The molecule has 4 rings (SSSR count). The van der Waals surface area contributed by atoms with E-state index in [0.717, 1.165) is 22.1 Å². The number of carbonyl (C=O) groups excluding carboxylic acids is 1. The smallest absolute Gasteiger partial charge is 0.252 e. The first-order valence-electron chi connectivity index (χ1n) is 8.86. The van der Waals surface area contributed by atoms with Gasteiger partial charge < -0.3 is 5.32 Å². The summed E-state index contributed by atoms with van der Waals surface area (Å²) >= 11 is 1.74. The van der Waals surface area contributed by atoms with E-state index in [2.05, 4.69) is 35.6 Å². The van der Waals surface area contributed by atoms with Crippen molar-refractivity contribution in [1.29, 1.82) is 0 Å². The average molecular weight is 337 g/mol. The lowest BCUT2D eigenvalue weighted by atomic mass is 9.95. The molecule has 2 bridgehead atoms. The Labute approximate surface area is 148 Å². The molecule has 3 heteroatoms. The van der Waals surface area contributed by atoms with E-state index in [-0.39, 0.29) is 5.91 Å². The van der Waals surface area contributed by atoms with Crippen molar-refractivity contribution in [2.45, 2.75) is 42.4 Å². The Morgan fingerprint density at radius 2 is 1.79 bits per heavy atom. The van der Waals surface area contributed by atoms with E-state index in [4.69, 9.17) is 0 Å². The summed E-state index contributed by atoms with van der Waals surface area (Å²) in [7, 11) is 0. The minimum absolute atomic E-state index is 0.101. The van der Waals surface area contributed by atoms with Crippen LogP contribution in [-0.4, -0.2) is 11.9 Å². The zero-order valence-electron chi connectivity index (χ0n) is 13.8. The van der Waals surface area contributed by atoms with Gasteiger partial charge in [-0.1, -0.05) is 48.9 Å². The third kappa shape index (κ3) is 3.36. The third-order valence-electron chi connectivity index (χ3n) is 5.42. The topological polar surface area (TPSA) is 29.1 Å². The van der Waals surface area contributed by atoms with Crippen LogP contribution in [0.4, 0.5) is 0 Å². The SMILES string of the molecule is O=C(N[C@H]1C[C@H]2CC[C@H]1C2)c1ccccc1SCc1ccccc1. The Kier molecular flexibility index (Phi) is 4.61. The highest BCUT2D eigenvalue weighted by atomic mass is 32.2. The van der Waals surface area contributed by atoms with Crippen LogP contribution in [0.15, 0.2) is 59.5 Å². The predicted octanol–water partition coefficient (Wildman–Crippen LogP) is 4.90. The van der Waals surface area contributed by atoms with Gasteiger partial charge in [0.1, 0.15) is 0 Å². The average Bonchev–Trinajstić information content (AvgIpc) is 3.24. The van der Waals surface area contributed by atoms with Gasteiger partial charge in [0.05, 0.1) is 5.56 Å². The molecule has 124 valence electrons. The fraction of sp³-hybridized carbons (Fsp3) is 0.381. The number of benzene rings is 2. The number of thioether (sulfide) groups is 1. The molecule has 0 radical (unpaired) electrons. The molecule has 0 unspecified atom stereocenters. The highest BCUT2D eigenvalue weighted by Crippen LogP contribution is 2.44. The molecule has 2 aromatic rings. The molecule has 1 amide bonds. The van der Waals surface area contributed by atoms with Crippen LogP contribution in [0.25, 0.3) is 0 Å². The quantitative estimate of drug-likeness (QED) is 0.787. The summed E-state index contributed by atoms with van der Waals surface area (Å²) in [6.45, 7) is 0. The van der Waals surface area contributed by atoms with E-state index in [0.29, 0.717) is 12.0 Å². The minimum atomic E-state index is 0.101. The van der Waals surface area contributed by atoms with Crippen LogP contribution in [0.2, 0.25) is 0 Å². The fourth-order valence-corrected chi connectivity index (χ4v) is 5.19. The lowest BCUT2D eigenvalue weighted by Crippen LogP contribution is -2.38. The van der Waals surface area contributed by atoms with E-state index < -0.39 is 0 Å². The largest absolute Gasteiger partial charge is 0.349 e. The molecule has 2 saturated carbocycles. The molecule has 2 aliphatic carbocycles. The van der Waals surface area contributed by atoms with Gasteiger partial charge in [0, 0.05) is 16.7 Å². The summed E-state index contributed by atoms with van der Waals surface area (Å²) in [6, 6.07) is 18.8. The molecule has 1 N–H and O–H groups in total. The van der Waals surface area contributed by atoms with E-state index >= 15 is 0 Å². The van der Waals surface area contributed by atoms with E-state index in [1.165, 1.54) is 31.2 Å². The van der Waals surface area contributed by atoms with Crippen LogP contribution in [0.5, 0.6) is 0 Å². The van der Waals surface area contributed by atoms with Crippen LogP contribution < -0.4 is 5.32 Å². The molecule has 2 aliphatic rings. The van der Waals surface area contributed by atoms with Crippen molar-refractivity contribution in [3.05, 3.63) is 65.7 Å². The summed E-state index contributed by atoms with van der Waals surface area (Å²) in [5.41, 5.74) is 2.10. The van der Waals surface area contributed by atoms with Crippen molar-refractivity contribution in [2.75, 3.05) is 0 Å². The van der Waals surface area contributed by atoms with E-state index in [9.17, 15) is 4.79 Å². The van der Waals surface area contributed by atoms with E-state index in [1.807, 2.05) is 24.3 Å². The first-order valence-corrected chi connectivity index (χ1v) is 9.85. The molecule has 24 heavy (non-hydrogen) atoms. The lowest BCUT2D eigenvalue weighted by Gasteiger charge is -2.23. The maximum atomic E-state index is 12.8. The summed E-state index contributed by atoms with van der Waals surface area (Å²) in [4.78, 5) is 13.9. The Morgan fingerprint density at radius 1 is 1.00 bits per heavy atom. The van der Waals surface area contributed by atoms with Crippen LogP contribution in [0.3, 0.4) is 0 Å². The van der Waals surface area contributed by atoms with E-state index in [1.54, 1.807) is 11.8 Å². The molecule has 0 spiro atoms. The van der Waals surface area contributed by atoms with Gasteiger partial charge in [-0.2, -0.15) is 0 Å². The van der Waals surface area contributed by atoms with Gasteiger partial charge in [0.15, 0.2) is 0 Å². The van der Waals surface area contributed by atoms with Crippen LogP contribution >= 0.6 is 11.8 Å². The minimum Gasteiger partial charge on any atom is -0.349 e. The first-order chi connectivity index (χ1) is 11.8. The van der Waals surface area contributed by atoms with Crippen molar-refractivity contribution in [3.63, 3.8) is 0 Å². The molecule has 2 nitrogen and oxygen atoms in total. The Morgan fingerprint density at radius 3 is 2.54 bits per heavy atom.